The average Bonchev–Trinajstić information content (AvgIpc) is 2.44. The molecule has 2 nitrogen and oxygen atoms in total. The molecule has 0 atom stereocenters. The zero-order chi connectivity index (χ0) is 9.26. The van der Waals surface area contributed by atoms with Crippen molar-refractivity contribution in [3.8, 4) is 0 Å². The van der Waals surface area contributed by atoms with Crippen molar-refractivity contribution in [3.05, 3.63) is 24.3 Å². The van der Waals surface area contributed by atoms with Gasteiger partial charge in [0.25, 0.3) is 0 Å². The number of thiazole rings is 1. The van der Waals surface area contributed by atoms with Crippen LogP contribution in [0.3, 0.4) is 0 Å². The second-order valence-electron chi connectivity index (χ2n) is 2.83. The monoisotopic (exact) mass is 210 g/mol. The largest absolute Gasteiger partial charge is 0.218 e. The van der Waals surface area contributed by atoms with Crippen LogP contribution in [0.1, 0.15) is 0 Å². The van der Waals surface area contributed by atoms with Gasteiger partial charge >= 0.3 is 0 Å². The predicted octanol–water partition coefficient (Wildman–Crippen LogP) is 2.99. The lowest BCUT2D eigenvalue weighted by Crippen LogP contribution is -1.74. The third-order valence-corrected chi connectivity index (χ3v) is 3.13. The van der Waals surface area contributed by atoms with Crippen molar-refractivity contribution in [2.24, 2.45) is 4.36 Å². The van der Waals surface area contributed by atoms with Gasteiger partial charge in [0.15, 0.2) is 0 Å². The van der Waals surface area contributed by atoms with E-state index in [-0.39, 0.29) is 10.7 Å². The van der Waals surface area contributed by atoms with E-state index in [1.807, 2.05) is 18.2 Å². The van der Waals surface area contributed by atoms with E-state index in [0.717, 1.165) is 10.6 Å². The van der Waals surface area contributed by atoms with E-state index in [2.05, 4.69) is 27.9 Å². The lowest BCUT2D eigenvalue weighted by molar-refractivity contribution is 1.43. The molecule has 0 aliphatic carbocycles. The summed E-state index contributed by atoms with van der Waals surface area (Å²) in [4.78, 5) is 4.41. The molecule has 0 aliphatic heterocycles. The second-order valence-corrected chi connectivity index (χ2v) is 5.57. The Kier molecular flexibility index (Phi) is 2.42. The molecule has 0 aliphatic rings. The van der Waals surface area contributed by atoms with Crippen molar-refractivity contribution in [2.75, 3.05) is 12.5 Å². The zero-order valence-electron chi connectivity index (χ0n) is 7.52. The molecule has 1 heterocycles. The summed E-state index contributed by atoms with van der Waals surface area (Å²) in [6, 6.07) is 8.13. The van der Waals surface area contributed by atoms with E-state index in [9.17, 15) is 0 Å². The summed E-state index contributed by atoms with van der Waals surface area (Å²) in [7, 11) is 0.0797. The Hall–Kier alpha value is -0.740. The molecule has 4 heteroatoms. The molecular weight excluding hydrogens is 200 g/mol. The third kappa shape index (κ3) is 1.95. The fourth-order valence-electron chi connectivity index (χ4n) is 1.06. The van der Waals surface area contributed by atoms with Gasteiger partial charge in [-0.25, -0.2) is 4.98 Å². The van der Waals surface area contributed by atoms with Gasteiger partial charge in [-0.3, -0.25) is 0 Å². The molecule has 0 unspecified atom stereocenters. The topological polar surface area (TPSA) is 25.2 Å². The van der Waals surface area contributed by atoms with Crippen molar-refractivity contribution < 1.29 is 0 Å². The molecule has 0 amide bonds. The number of para-hydroxylation sites is 1. The Morgan fingerprint density at radius 2 is 2.08 bits per heavy atom. The predicted molar refractivity (Wildman–Crippen MR) is 60.9 cm³/mol. The van der Waals surface area contributed by atoms with Crippen LogP contribution in [-0.2, 0) is 10.7 Å². The van der Waals surface area contributed by atoms with Crippen LogP contribution in [0.2, 0.25) is 0 Å². The van der Waals surface area contributed by atoms with E-state index in [4.69, 9.17) is 0 Å². The highest BCUT2D eigenvalue weighted by Gasteiger charge is 1.99. The Morgan fingerprint density at radius 1 is 1.31 bits per heavy atom. The molecule has 2 rings (SSSR count). The SMILES string of the molecule is CS(C)=Nc1nc2ccccc2s1. The molecule has 0 bridgehead atoms. The Balaban J connectivity index is 2.56. The van der Waals surface area contributed by atoms with Gasteiger partial charge in [-0.15, -0.1) is 0 Å². The van der Waals surface area contributed by atoms with Crippen LogP contribution in [0, 0.1) is 0 Å². The maximum absolute atomic E-state index is 4.43. The van der Waals surface area contributed by atoms with Crippen LogP contribution in [0.4, 0.5) is 5.13 Å². The average molecular weight is 210 g/mol. The van der Waals surface area contributed by atoms with Crippen molar-refractivity contribution in [1.82, 2.24) is 4.98 Å². The molecule has 1 aromatic heterocycles. The first-order valence-corrected chi connectivity index (χ1v) is 6.72. The van der Waals surface area contributed by atoms with Gasteiger partial charge in [-0.1, -0.05) is 34.2 Å². The maximum Gasteiger partial charge on any atom is 0.216 e. The van der Waals surface area contributed by atoms with Gasteiger partial charge in [-0.05, 0) is 24.6 Å². The number of benzene rings is 1. The van der Waals surface area contributed by atoms with Gasteiger partial charge in [0, 0.05) is 0 Å². The van der Waals surface area contributed by atoms with E-state index >= 15 is 0 Å². The lowest BCUT2D eigenvalue weighted by atomic mass is 10.3. The number of hydrogen-bond donors (Lipinski definition) is 0. The first-order chi connectivity index (χ1) is 6.25. The molecule has 0 saturated carbocycles. The first kappa shape index (κ1) is 8.84. The summed E-state index contributed by atoms with van der Waals surface area (Å²) in [5.74, 6) is 0. The van der Waals surface area contributed by atoms with Crippen LogP contribution in [0.15, 0.2) is 28.6 Å². The highest BCUT2D eigenvalue weighted by Crippen LogP contribution is 2.27. The standard InChI is InChI=1S/C9H10N2S2/c1-13(2)11-9-10-7-5-3-4-6-8(7)12-9/h3-6H,1-2H3. The number of rotatable bonds is 1. The zero-order valence-corrected chi connectivity index (χ0v) is 9.15. The van der Waals surface area contributed by atoms with Gasteiger partial charge in [0.1, 0.15) is 0 Å². The molecular formula is C9H10N2S2. The number of aromatic nitrogens is 1. The molecule has 0 fully saturated rings. The van der Waals surface area contributed by atoms with Crippen molar-refractivity contribution in [3.63, 3.8) is 0 Å². The molecule has 2 aromatic rings. The maximum atomic E-state index is 4.43. The van der Waals surface area contributed by atoms with Crippen molar-refractivity contribution in [1.29, 1.82) is 0 Å². The van der Waals surface area contributed by atoms with Gasteiger partial charge < -0.3 is 0 Å². The van der Waals surface area contributed by atoms with Gasteiger partial charge in [0.05, 0.1) is 10.2 Å². The quantitative estimate of drug-likeness (QED) is 0.710. The van der Waals surface area contributed by atoms with E-state index in [1.165, 1.54) is 4.70 Å². The molecule has 1 aromatic carbocycles. The molecule has 0 saturated heterocycles. The minimum Gasteiger partial charge on any atom is -0.218 e. The normalized spacial score (nSPS) is 11.0. The summed E-state index contributed by atoms with van der Waals surface area (Å²) in [6.07, 6.45) is 4.18. The number of hydrogen-bond acceptors (Lipinski definition) is 3. The summed E-state index contributed by atoms with van der Waals surface area (Å²) >= 11 is 1.65. The third-order valence-electron chi connectivity index (χ3n) is 1.54. The summed E-state index contributed by atoms with van der Waals surface area (Å²) in [6.45, 7) is 0. The molecule has 68 valence electrons. The minimum absolute atomic E-state index is 0.0797. The molecule has 0 radical (unpaired) electrons. The van der Waals surface area contributed by atoms with E-state index in [1.54, 1.807) is 11.3 Å². The van der Waals surface area contributed by atoms with Crippen molar-refractivity contribution in [2.45, 2.75) is 0 Å². The molecule has 0 spiro atoms. The Labute approximate surface area is 83.7 Å². The fourth-order valence-corrected chi connectivity index (χ4v) is 2.71. The van der Waals surface area contributed by atoms with Crippen LogP contribution in [-0.4, -0.2) is 17.5 Å². The lowest BCUT2D eigenvalue weighted by Gasteiger charge is -1.85. The summed E-state index contributed by atoms with van der Waals surface area (Å²) in [5, 5.41) is 0.898. The fraction of sp³-hybridized carbons (Fsp3) is 0.222. The second kappa shape index (κ2) is 3.55. The smallest absolute Gasteiger partial charge is 0.216 e. The number of fused-ring (bicyclic) bond motifs is 1. The highest BCUT2D eigenvalue weighted by atomic mass is 32.2. The van der Waals surface area contributed by atoms with Gasteiger partial charge in [0.2, 0.25) is 5.13 Å². The first-order valence-electron chi connectivity index (χ1n) is 3.91. The van der Waals surface area contributed by atoms with Crippen LogP contribution in [0.25, 0.3) is 10.2 Å². The number of nitrogens with zero attached hydrogens (tertiary/aromatic N) is 2. The molecule has 13 heavy (non-hydrogen) atoms. The Morgan fingerprint density at radius 3 is 2.77 bits per heavy atom. The van der Waals surface area contributed by atoms with Gasteiger partial charge in [-0.2, -0.15) is 4.36 Å². The van der Waals surface area contributed by atoms with E-state index in [0.29, 0.717) is 0 Å². The van der Waals surface area contributed by atoms with E-state index < -0.39 is 0 Å². The van der Waals surface area contributed by atoms with Crippen LogP contribution < -0.4 is 0 Å². The van der Waals surface area contributed by atoms with Crippen LogP contribution in [0.5, 0.6) is 0 Å². The summed E-state index contributed by atoms with van der Waals surface area (Å²) < 4.78 is 5.65. The molecule has 0 N–H and O–H groups in total. The van der Waals surface area contributed by atoms with Crippen LogP contribution >= 0.6 is 11.3 Å². The minimum atomic E-state index is 0.0797. The Bertz CT molecular complexity index is 422. The van der Waals surface area contributed by atoms with Crippen molar-refractivity contribution >= 4 is 37.4 Å². The highest BCUT2D eigenvalue weighted by molar-refractivity contribution is 7.86. The summed E-state index contributed by atoms with van der Waals surface area (Å²) in [5.41, 5.74) is 1.05.